The summed E-state index contributed by atoms with van der Waals surface area (Å²) in [5, 5.41) is 9.99. The number of esters is 1. The van der Waals surface area contributed by atoms with E-state index in [4.69, 9.17) is 9.47 Å². The highest BCUT2D eigenvalue weighted by atomic mass is 16.6. The number of aliphatic hydroxyl groups excluding tert-OH is 1. The summed E-state index contributed by atoms with van der Waals surface area (Å²) in [6, 6.07) is -1.57. The van der Waals surface area contributed by atoms with Crippen molar-refractivity contribution in [2.45, 2.75) is 89.1 Å². The van der Waals surface area contributed by atoms with Gasteiger partial charge in [-0.05, 0) is 46.5 Å². The monoisotopic (exact) mass is 474 g/mol. The largest absolute Gasteiger partial charge is 0.465 e. The molecule has 0 aromatic heterocycles. The lowest BCUT2D eigenvalue weighted by Crippen LogP contribution is -2.59. The molecular formula is C26H38N2O6. The Morgan fingerprint density at radius 2 is 1.85 bits per heavy atom. The molecule has 8 nitrogen and oxygen atoms in total. The molecule has 4 aliphatic heterocycles. The van der Waals surface area contributed by atoms with E-state index in [1.807, 2.05) is 38.2 Å². The second kappa shape index (κ2) is 9.46. The molecule has 0 aliphatic carbocycles. The number of rotatable bonds is 5. The van der Waals surface area contributed by atoms with Crippen LogP contribution in [-0.4, -0.2) is 81.8 Å². The SMILES string of the molecule is CCCC(C)N1CC=C[C@]23O[C@@]4(C)/C=C\CCCCOC(=O)[C@H]4[C@H]2C(=O)N([C@H](C)CO)C3C1=O. The third kappa shape index (κ3) is 3.79. The Morgan fingerprint density at radius 1 is 1.09 bits per heavy atom. The molecule has 1 N–H and O–H groups in total. The quantitative estimate of drug-likeness (QED) is 0.485. The van der Waals surface area contributed by atoms with Crippen LogP contribution >= 0.6 is 0 Å². The lowest BCUT2D eigenvalue weighted by atomic mass is 9.74. The number of aliphatic hydroxyl groups is 1. The molecule has 4 heterocycles. The van der Waals surface area contributed by atoms with E-state index < -0.39 is 41.1 Å². The van der Waals surface area contributed by atoms with Crippen molar-refractivity contribution in [2.24, 2.45) is 11.8 Å². The molecule has 0 saturated carbocycles. The molecule has 8 heteroatoms. The van der Waals surface area contributed by atoms with Gasteiger partial charge in [-0.3, -0.25) is 14.4 Å². The third-order valence-electron chi connectivity index (χ3n) is 7.95. The molecule has 1 spiro atoms. The van der Waals surface area contributed by atoms with Gasteiger partial charge in [0.2, 0.25) is 11.8 Å². The molecule has 34 heavy (non-hydrogen) atoms. The number of amides is 2. The maximum atomic E-state index is 14.1. The Hall–Kier alpha value is -2.19. The van der Waals surface area contributed by atoms with Crippen molar-refractivity contribution in [3.63, 3.8) is 0 Å². The van der Waals surface area contributed by atoms with Crippen molar-refractivity contribution in [1.29, 1.82) is 0 Å². The van der Waals surface area contributed by atoms with Crippen molar-refractivity contribution in [3.05, 3.63) is 24.3 Å². The van der Waals surface area contributed by atoms with Crippen LogP contribution in [0.1, 0.15) is 59.8 Å². The van der Waals surface area contributed by atoms with Crippen LogP contribution in [0.4, 0.5) is 0 Å². The first-order valence-corrected chi connectivity index (χ1v) is 12.7. The second-order valence-electron chi connectivity index (χ2n) is 10.4. The van der Waals surface area contributed by atoms with Crippen molar-refractivity contribution < 1.29 is 29.0 Å². The number of fused-ring (bicyclic) bond motifs is 2. The lowest BCUT2D eigenvalue weighted by Gasteiger charge is -2.40. The van der Waals surface area contributed by atoms with Crippen molar-refractivity contribution in [2.75, 3.05) is 19.8 Å². The van der Waals surface area contributed by atoms with Crippen LogP contribution in [0.2, 0.25) is 0 Å². The minimum absolute atomic E-state index is 0.0136. The van der Waals surface area contributed by atoms with Crippen LogP contribution in [0.3, 0.4) is 0 Å². The second-order valence-corrected chi connectivity index (χ2v) is 10.4. The highest BCUT2D eigenvalue weighted by molar-refractivity contribution is 5.99. The molecule has 188 valence electrons. The van der Waals surface area contributed by atoms with Gasteiger partial charge in [-0.1, -0.05) is 37.6 Å². The van der Waals surface area contributed by atoms with Crippen LogP contribution in [-0.2, 0) is 23.9 Å². The zero-order valence-electron chi connectivity index (χ0n) is 20.7. The van der Waals surface area contributed by atoms with E-state index in [-0.39, 0.29) is 24.5 Å². The predicted molar refractivity (Wildman–Crippen MR) is 126 cm³/mol. The van der Waals surface area contributed by atoms with Gasteiger partial charge in [0.1, 0.15) is 17.6 Å². The van der Waals surface area contributed by atoms with Gasteiger partial charge < -0.3 is 24.4 Å². The smallest absolute Gasteiger partial charge is 0.313 e. The molecule has 4 rings (SSSR count). The van der Waals surface area contributed by atoms with Gasteiger partial charge in [0.25, 0.3) is 0 Å². The zero-order valence-corrected chi connectivity index (χ0v) is 20.7. The number of nitrogens with zero attached hydrogens (tertiary/aromatic N) is 2. The van der Waals surface area contributed by atoms with Gasteiger partial charge in [0.15, 0.2) is 0 Å². The normalized spacial score (nSPS) is 38.5. The van der Waals surface area contributed by atoms with Gasteiger partial charge in [-0.25, -0.2) is 0 Å². The van der Waals surface area contributed by atoms with Crippen molar-refractivity contribution in [1.82, 2.24) is 9.80 Å². The lowest BCUT2D eigenvalue weighted by molar-refractivity contribution is -0.161. The molecule has 0 aromatic carbocycles. The number of carbonyl (C=O) groups excluding carboxylic acids is 3. The summed E-state index contributed by atoms with van der Waals surface area (Å²) in [6.45, 7) is 8.04. The van der Waals surface area contributed by atoms with E-state index in [2.05, 4.69) is 6.92 Å². The Kier molecular flexibility index (Phi) is 6.93. The Labute approximate surface area is 201 Å². The molecule has 4 aliphatic rings. The Morgan fingerprint density at radius 3 is 2.56 bits per heavy atom. The number of carbonyl (C=O) groups is 3. The fourth-order valence-electron chi connectivity index (χ4n) is 6.29. The molecule has 7 atom stereocenters. The molecule has 2 saturated heterocycles. The maximum absolute atomic E-state index is 14.1. The number of hydrogen-bond donors (Lipinski definition) is 1. The van der Waals surface area contributed by atoms with E-state index >= 15 is 0 Å². The fourth-order valence-corrected chi connectivity index (χ4v) is 6.29. The van der Waals surface area contributed by atoms with Crippen molar-refractivity contribution >= 4 is 17.8 Å². The number of likely N-dealkylation sites (tertiary alicyclic amines) is 1. The third-order valence-corrected chi connectivity index (χ3v) is 7.95. The first kappa shape index (κ1) is 24.9. The minimum atomic E-state index is -1.31. The highest BCUT2D eigenvalue weighted by Gasteiger charge is 2.75. The first-order chi connectivity index (χ1) is 16.2. The zero-order chi connectivity index (χ0) is 24.7. The number of cyclic esters (lactones) is 1. The Balaban J connectivity index is 1.86. The highest BCUT2D eigenvalue weighted by Crippen LogP contribution is 2.57. The van der Waals surface area contributed by atoms with Gasteiger partial charge in [0, 0.05) is 12.6 Å². The molecule has 2 unspecified atom stereocenters. The number of hydrogen-bond acceptors (Lipinski definition) is 6. The average Bonchev–Trinajstić information content (AvgIpc) is 3.13. The van der Waals surface area contributed by atoms with E-state index in [0.29, 0.717) is 13.2 Å². The molecule has 2 amide bonds. The van der Waals surface area contributed by atoms with Crippen LogP contribution in [0, 0.1) is 11.8 Å². The van der Waals surface area contributed by atoms with Crippen LogP contribution < -0.4 is 0 Å². The Bertz CT molecular complexity index is 887. The summed E-state index contributed by atoms with van der Waals surface area (Å²) in [7, 11) is 0. The fraction of sp³-hybridized carbons (Fsp3) is 0.731. The summed E-state index contributed by atoms with van der Waals surface area (Å²) in [6.07, 6.45) is 11.8. The standard InChI is InChI=1S/C26H38N2O6/c1-5-11-17(2)27-14-10-13-26-19(22(30)28(18(3)16-29)21(26)23(27)31)20-24(32)33-15-9-7-6-8-12-25(20,4)34-26/h8,10,12-13,17-21,29H,5-7,9,11,14-16H2,1-4H3/b12-8-/t17?,18-,19+,20-,21?,25+,26+/m1/s1. The van der Waals surface area contributed by atoms with Gasteiger partial charge in [0.05, 0.1) is 30.8 Å². The summed E-state index contributed by atoms with van der Waals surface area (Å²) < 4.78 is 12.3. The van der Waals surface area contributed by atoms with E-state index in [1.54, 1.807) is 11.8 Å². The maximum Gasteiger partial charge on any atom is 0.313 e. The van der Waals surface area contributed by atoms with Crippen LogP contribution in [0.5, 0.6) is 0 Å². The van der Waals surface area contributed by atoms with Crippen molar-refractivity contribution in [3.8, 4) is 0 Å². The van der Waals surface area contributed by atoms with E-state index in [1.165, 1.54) is 4.90 Å². The summed E-state index contributed by atoms with van der Waals surface area (Å²) in [5.74, 6) is -2.81. The molecule has 0 aromatic rings. The van der Waals surface area contributed by atoms with E-state index in [0.717, 1.165) is 32.1 Å². The van der Waals surface area contributed by atoms with E-state index in [9.17, 15) is 19.5 Å². The summed E-state index contributed by atoms with van der Waals surface area (Å²) in [5.41, 5.74) is -2.40. The molecule has 2 fully saturated rings. The number of allylic oxidation sites excluding steroid dienone is 1. The van der Waals surface area contributed by atoms with Crippen LogP contribution in [0.15, 0.2) is 24.3 Å². The molecular weight excluding hydrogens is 436 g/mol. The average molecular weight is 475 g/mol. The summed E-state index contributed by atoms with van der Waals surface area (Å²) in [4.78, 5) is 44.7. The molecule has 0 radical (unpaired) electrons. The summed E-state index contributed by atoms with van der Waals surface area (Å²) >= 11 is 0. The van der Waals surface area contributed by atoms with Gasteiger partial charge in [-0.15, -0.1) is 0 Å². The predicted octanol–water partition coefficient (Wildman–Crippen LogP) is 2.21. The number of ether oxygens (including phenoxy) is 2. The van der Waals surface area contributed by atoms with Crippen LogP contribution in [0.25, 0.3) is 0 Å². The topological polar surface area (TPSA) is 96.4 Å². The minimum Gasteiger partial charge on any atom is -0.465 e. The first-order valence-electron chi connectivity index (χ1n) is 12.7. The molecule has 0 bridgehead atoms. The van der Waals surface area contributed by atoms with Gasteiger partial charge in [-0.2, -0.15) is 0 Å². The van der Waals surface area contributed by atoms with Gasteiger partial charge >= 0.3 is 5.97 Å².